The van der Waals surface area contributed by atoms with Crippen LogP contribution in [0.3, 0.4) is 0 Å². The van der Waals surface area contributed by atoms with Gasteiger partial charge in [-0.15, -0.1) is 0 Å². The summed E-state index contributed by atoms with van der Waals surface area (Å²) in [5, 5.41) is 3.63. The largest absolute Gasteiger partial charge is 0.466 e. The molecule has 36 heavy (non-hydrogen) atoms. The first-order valence-corrected chi connectivity index (χ1v) is 14.0. The molecule has 4 rings (SSSR count). The molecule has 3 aromatic carbocycles. The van der Waals surface area contributed by atoms with Crippen LogP contribution in [0.5, 0.6) is 0 Å². The SMILES string of the molecule is CCOC(=O)CCCCCCNC1c2ccccc2N(C)S(=O)(=O)c2cc(-c3ccccc3)ccc21. The van der Waals surface area contributed by atoms with E-state index in [1.807, 2.05) is 73.7 Å². The van der Waals surface area contributed by atoms with Gasteiger partial charge in [-0.3, -0.25) is 9.10 Å². The van der Waals surface area contributed by atoms with Gasteiger partial charge in [-0.25, -0.2) is 8.42 Å². The van der Waals surface area contributed by atoms with E-state index in [1.165, 1.54) is 4.31 Å². The number of nitrogens with zero attached hydrogens (tertiary/aromatic N) is 1. The second kappa shape index (κ2) is 11.7. The Balaban J connectivity index is 1.57. The third kappa shape index (κ3) is 5.63. The number of ether oxygens (including phenoxy) is 1. The first-order chi connectivity index (χ1) is 17.4. The summed E-state index contributed by atoms with van der Waals surface area (Å²) in [4.78, 5) is 11.8. The molecule has 190 valence electrons. The second-order valence-electron chi connectivity index (χ2n) is 9.01. The van der Waals surface area contributed by atoms with Crippen molar-refractivity contribution >= 4 is 21.7 Å². The number of rotatable bonds is 10. The molecule has 0 spiro atoms. The molecule has 0 saturated heterocycles. The van der Waals surface area contributed by atoms with E-state index >= 15 is 0 Å². The number of hydrogen-bond acceptors (Lipinski definition) is 5. The van der Waals surface area contributed by atoms with E-state index < -0.39 is 10.0 Å². The summed E-state index contributed by atoms with van der Waals surface area (Å²) in [6, 6.07) is 23.0. The van der Waals surface area contributed by atoms with Crippen LogP contribution in [0.1, 0.15) is 56.2 Å². The fraction of sp³-hybridized carbons (Fsp3) is 0.345. The average Bonchev–Trinajstić information content (AvgIpc) is 2.96. The number of nitrogens with one attached hydrogen (secondary N) is 1. The Morgan fingerprint density at radius 1 is 0.889 bits per heavy atom. The highest BCUT2D eigenvalue weighted by Crippen LogP contribution is 2.41. The van der Waals surface area contributed by atoms with Crippen LogP contribution in [0.25, 0.3) is 11.1 Å². The fourth-order valence-corrected chi connectivity index (χ4v) is 6.20. The molecular formula is C29H34N2O4S. The van der Waals surface area contributed by atoms with Crippen LogP contribution in [0.15, 0.2) is 77.7 Å². The second-order valence-corrected chi connectivity index (χ2v) is 10.9. The fourth-order valence-electron chi connectivity index (χ4n) is 4.72. The maximum absolute atomic E-state index is 13.7. The van der Waals surface area contributed by atoms with Crippen LogP contribution in [0.4, 0.5) is 5.69 Å². The molecule has 1 aliphatic heterocycles. The maximum Gasteiger partial charge on any atom is 0.305 e. The molecule has 1 aliphatic rings. The lowest BCUT2D eigenvalue weighted by atomic mass is 9.94. The Hall–Kier alpha value is -3.16. The van der Waals surface area contributed by atoms with E-state index in [1.54, 1.807) is 13.1 Å². The maximum atomic E-state index is 13.7. The van der Waals surface area contributed by atoms with Crippen molar-refractivity contribution in [2.75, 3.05) is 24.5 Å². The standard InChI is InChI=1S/C29H34N2O4S/c1-3-35-28(32)17-9-4-5-12-20-30-29-24-15-10-11-16-26(24)31(2)36(33,34)27-21-23(18-19-25(27)29)22-13-7-6-8-14-22/h6-8,10-11,13-16,18-19,21,29-30H,3-5,9,12,17,20H2,1-2H3. The molecule has 1 unspecified atom stereocenters. The number of para-hydroxylation sites is 1. The molecule has 1 heterocycles. The highest BCUT2D eigenvalue weighted by Gasteiger charge is 2.34. The number of anilines is 1. The van der Waals surface area contributed by atoms with E-state index in [0.29, 0.717) is 23.6 Å². The molecule has 1 N–H and O–H groups in total. The number of hydrogen-bond donors (Lipinski definition) is 1. The van der Waals surface area contributed by atoms with Gasteiger partial charge in [0.25, 0.3) is 10.0 Å². The number of benzene rings is 3. The van der Waals surface area contributed by atoms with Crippen molar-refractivity contribution in [3.63, 3.8) is 0 Å². The summed E-state index contributed by atoms with van der Waals surface area (Å²) in [6.07, 6.45) is 4.15. The van der Waals surface area contributed by atoms with E-state index in [2.05, 4.69) is 5.32 Å². The Labute approximate surface area is 214 Å². The molecular weight excluding hydrogens is 472 g/mol. The molecule has 0 saturated carbocycles. The van der Waals surface area contributed by atoms with Gasteiger partial charge in [0.05, 0.1) is 23.2 Å². The summed E-state index contributed by atoms with van der Waals surface area (Å²) in [6.45, 7) is 2.98. The molecule has 0 amide bonds. The van der Waals surface area contributed by atoms with Crippen molar-refractivity contribution < 1.29 is 17.9 Å². The van der Waals surface area contributed by atoms with E-state index in [-0.39, 0.29) is 12.0 Å². The van der Waals surface area contributed by atoms with Gasteiger partial charge < -0.3 is 10.1 Å². The van der Waals surface area contributed by atoms with Crippen LogP contribution >= 0.6 is 0 Å². The van der Waals surface area contributed by atoms with Gasteiger partial charge >= 0.3 is 5.97 Å². The van der Waals surface area contributed by atoms with E-state index in [0.717, 1.165) is 54.5 Å². The molecule has 0 bridgehead atoms. The van der Waals surface area contributed by atoms with Gasteiger partial charge in [0, 0.05) is 13.5 Å². The number of sulfonamides is 1. The molecule has 6 nitrogen and oxygen atoms in total. The Morgan fingerprint density at radius 2 is 1.61 bits per heavy atom. The Morgan fingerprint density at radius 3 is 2.39 bits per heavy atom. The first-order valence-electron chi connectivity index (χ1n) is 12.6. The Kier molecular flexibility index (Phi) is 8.44. The normalized spacial score (nSPS) is 16.1. The van der Waals surface area contributed by atoms with Crippen molar-refractivity contribution in [3.05, 3.63) is 83.9 Å². The van der Waals surface area contributed by atoms with Gasteiger partial charge in [-0.1, -0.05) is 73.5 Å². The minimum Gasteiger partial charge on any atom is -0.466 e. The average molecular weight is 507 g/mol. The minimum absolute atomic E-state index is 0.137. The van der Waals surface area contributed by atoms with Crippen LogP contribution in [-0.4, -0.2) is 34.6 Å². The van der Waals surface area contributed by atoms with Crippen LogP contribution in [-0.2, 0) is 19.6 Å². The molecule has 3 aromatic rings. The summed E-state index contributed by atoms with van der Waals surface area (Å²) < 4.78 is 33.8. The molecule has 0 radical (unpaired) electrons. The number of carbonyl (C=O) groups is 1. The summed E-state index contributed by atoms with van der Waals surface area (Å²) >= 11 is 0. The van der Waals surface area contributed by atoms with Gasteiger partial charge in [0.2, 0.25) is 0 Å². The van der Waals surface area contributed by atoms with Crippen LogP contribution < -0.4 is 9.62 Å². The summed E-state index contributed by atoms with van der Waals surface area (Å²) in [5.74, 6) is -0.137. The highest BCUT2D eigenvalue weighted by atomic mass is 32.2. The van der Waals surface area contributed by atoms with Gasteiger partial charge in [0.1, 0.15) is 0 Å². The third-order valence-corrected chi connectivity index (χ3v) is 8.45. The lowest BCUT2D eigenvalue weighted by Crippen LogP contribution is -2.26. The number of esters is 1. The third-order valence-electron chi connectivity index (χ3n) is 6.62. The minimum atomic E-state index is -3.74. The van der Waals surface area contributed by atoms with Crippen molar-refractivity contribution in [1.82, 2.24) is 5.32 Å². The topological polar surface area (TPSA) is 75.7 Å². The van der Waals surface area contributed by atoms with E-state index in [9.17, 15) is 13.2 Å². The summed E-state index contributed by atoms with van der Waals surface area (Å²) in [5.41, 5.74) is 4.23. The van der Waals surface area contributed by atoms with Gasteiger partial charge in [0.15, 0.2) is 0 Å². The van der Waals surface area contributed by atoms with Crippen LogP contribution in [0.2, 0.25) is 0 Å². The molecule has 0 aromatic heterocycles. The molecule has 1 atom stereocenters. The number of fused-ring (bicyclic) bond motifs is 2. The molecule has 7 heteroatoms. The predicted octanol–water partition coefficient (Wildman–Crippen LogP) is 5.68. The van der Waals surface area contributed by atoms with Crippen molar-refractivity contribution in [2.45, 2.75) is 50.0 Å². The van der Waals surface area contributed by atoms with E-state index in [4.69, 9.17) is 4.74 Å². The van der Waals surface area contributed by atoms with Crippen molar-refractivity contribution in [2.24, 2.45) is 0 Å². The summed E-state index contributed by atoms with van der Waals surface area (Å²) in [7, 11) is -2.12. The lowest BCUT2D eigenvalue weighted by Gasteiger charge is -2.22. The first kappa shape index (κ1) is 25.9. The zero-order valence-corrected chi connectivity index (χ0v) is 21.8. The number of unbranched alkanes of at least 4 members (excludes halogenated alkanes) is 3. The van der Waals surface area contributed by atoms with Crippen molar-refractivity contribution in [3.8, 4) is 11.1 Å². The Bertz CT molecular complexity index is 1290. The monoisotopic (exact) mass is 506 g/mol. The quantitative estimate of drug-likeness (QED) is 0.283. The molecule has 0 fully saturated rings. The highest BCUT2D eigenvalue weighted by molar-refractivity contribution is 7.92. The predicted molar refractivity (Wildman–Crippen MR) is 143 cm³/mol. The molecule has 0 aliphatic carbocycles. The zero-order valence-electron chi connectivity index (χ0n) is 20.9. The van der Waals surface area contributed by atoms with Gasteiger partial charge in [-0.05, 0) is 60.7 Å². The van der Waals surface area contributed by atoms with Gasteiger partial charge in [-0.2, -0.15) is 0 Å². The number of carbonyl (C=O) groups excluding carboxylic acids is 1. The van der Waals surface area contributed by atoms with Crippen molar-refractivity contribution in [1.29, 1.82) is 0 Å². The lowest BCUT2D eigenvalue weighted by molar-refractivity contribution is -0.143. The smallest absolute Gasteiger partial charge is 0.305 e. The van der Waals surface area contributed by atoms with Crippen LogP contribution in [0, 0.1) is 0 Å². The zero-order chi connectivity index (χ0) is 25.5.